The minimum Gasteiger partial charge on any atom is -0.493 e. The molecule has 30 heavy (non-hydrogen) atoms. The third kappa shape index (κ3) is 4.37. The van der Waals surface area contributed by atoms with Crippen molar-refractivity contribution in [1.82, 2.24) is 15.3 Å². The Balaban J connectivity index is 1.47. The van der Waals surface area contributed by atoms with Crippen LogP contribution in [0.25, 0.3) is 10.9 Å². The van der Waals surface area contributed by atoms with Gasteiger partial charge in [0.1, 0.15) is 12.1 Å². The van der Waals surface area contributed by atoms with Gasteiger partial charge in [0.2, 0.25) is 5.88 Å². The lowest BCUT2D eigenvalue weighted by molar-refractivity contribution is 0.248. The summed E-state index contributed by atoms with van der Waals surface area (Å²) < 4.78 is 16.6. The maximum atomic E-state index is 12.1. The van der Waals surface area contributed by atoms with E-state index in [2.05, 4.69) is 20.6 Å². The van der Waals surface area contributed by atoms with E-state index in [4.69, 9.17) is 14.2 Å². The fourth-order valence-corrected chi connectivity index (χ4v) is 3.58. The van der Waals surface area contributed by atoms with Gasteiger partial charge >= 0.3 is 6.03 Å². The van der Waals surface area contributed by atoms with Gasteiger partial charge < -0.3 is 24.8 Å². The third-order valence-corrected chi connectivity index (χ3v) is 5.12. The number of carbonyl (C=O) groups excluding carboxylic acids is 1. The van der Waals surface area contributed by atoms with E-state index in [1.807, 2.05) is 0 Å². The van der Waals surface area contributed by atoms with Crippen LogP contribution in [0.5, 0.6) is 23.1 Å². The molecule has 0 saturated heterocycles. The summed E-state index contributed by atoms with van der Waals surface area (Å²) in [5.41, 5.74) is 1.37. The van der Waals surface area contributed by atoms with E-state index in [1.54, 1.807) is 50.6 Å². The van der Waals surface area contributed by atoms with E-state index >= 15 is 0 Å². The van der Waals surface area contributed by atoms with Crippen LogP contribution in [0.1, 0.15) is 25.7 Å². The summed E-state index contributed by atoms with van der Waals surface area (Å²) in [5, 5.41) is 6.56. The van der Waals surface area contributed by atoms with E-state index in [0.29, 0.717) is 39.7 Å². The molecule has 0 spiro atoms. The summed E-state index contributed by atoms with van der Waals surface area (Å²) >= 11 is 0. The lowest BCUT2D eigenvalue weighted by Gasteiger charge is -2.13. The first kappa shape index (κ1) is 19.8. The number of carbonyl (C=O) groups is 1. The number of aromatic nitrogens is 2. The van der Waals surface area contributed by atoms with E-state index < -0.39 is 0 Å². The molecule has 0 radical (unpaired) electrons. The molecule has 0 bridgehead atoms. The minimum absolute atomic E-state index is 0.182. The van der Waals surface area contributed by atoms with Gasteiger partial charge in [-0.1, -0.05) is 12.8 Å². The summed E-state index contributed by atoms with van der Waals surface area (Å²) in [6.45, 7) is 0. The maximum Gasteiger partial charge on any atom is 0.319 e. The maximum absolute atomic E-state index is 12.1. The molecule has 1 heterocycles. The molecule has 8 heteroatoms. The highest BCUT2D eigenvalue weighted by Gasteiger charge is 2.17. The van der Waals surface area contributed by atoms with Crippen molar-refractivity contribution in [1.29, 1.82) is 0 Å². The first-order valence-corrected chi connectivity index (χ1v) is 9.88. The number of fused-ring (bicyclic) bond motifs is 1. The van der Waals surface area contributed by atoms with Crippen molar-refractivity contribution in [2.24, 2.45) is 0 Å². The van der Waals surface area contributed by atoms with Crippen LogP contribution in [0.3, 0.4) is 0 Å². The van der Waals surface area contributed by atoms with Crippen molar-refractivity contribution in [2.75, 3.05) is 19.5 Å². The molecule has 0 aliphatic heterocycles. The molecule has 2 aromatic carbocycles. The Hall–Kier alpha value is -3.55. The highest BCUT2D eigenvalue weighted by molar-refractivity contribution is 5.89. The smallest absolute Gasteiger partial charge is 0.319 e. The number of benzene rings is 2. The lowest BCUT2D eigenvalue weighted by Crippen LogP contribution is -2.36. The summed E-state index contributed by atoms with van der Waals surface area (Å²) in [4.78, 5) is 20.6. The number of nitrogens with one attached hydrogen (secondary N) is 2. The van der Waals surface area contributed by atoms with E-state index in [1.165, 1.54) is 19.2 Å². The molecule has 4 rings (SSSR count). The topological polar surface area (TPSA) is 94.6 Å². The summed E-state index contributed by atoms with van der Waals surface area (Å²) in [7, 11) is 3.15. The number of methoxy groups -OCH3 is 2. The van der Waals surface area contributed by atoms with Gasteiger partial charge in [-0.05, 0) is 43.2 Å². The van der Waals surface area contributed by atoms with Gasteiger partial charge in [0.15, 0.2) is 11.5 Å². The van der Waals surface area contributed by atoms with Crippen LogP contribution < -0.4 is 24.8 Å². The fourth-order valence-electron chi connectivity index (χ4n) is 3.58. The predicted octanol–water partition coefficient (Wildman–Crippen LogP) is 4.50. The molecule has 1 saturated carbocycles. The van der Waals surface area contributed by atoms with Crippen molar-refractivity contribution in [3.8, 4) is 23.1 Å². The molecule has 1 fully saturated rings. The molecular weight excluding hydrogens is 384 g/mol. The lowest BCUT2D eigenvalue weighted by atomic mass is 10.2. The van der Waals surface area contributed by atoms with Crippen LogP contribution in [-0.2, 0) is 0 Å². The minimum atomic E-state index is -0.182. The predicted molar refractivity (Wildman–Crippen MR) is 114 cm³/mol. The number of hydrogen-bond acceptors (Lipinski definition) is 6. The van der Waals surface area contributed by atoms with Crippen LogP contribution in [0.4, 0.5) is 10.5 Å². The molecular formula is C22H24N4O4. The standard InChI is InChI=1S/C22H24N4O4/c1-28-19-11-17-18(12-20(19)29-2)23-13-24-21(17)30-16-9-7-15(8-10-16)26-22(27)25-14-5-3-4-6-14/h7-14H,3-6H2,1-2H3,(H2,25,26,27). The number of anilines is 1. The fraction of sp³-hybridized carbons (Fsp3) is 0.318. The largest absolute Gasteiger partial charge is 0.493 e. The van der Waals surface area contributed by atoms with Gasteiger partial charge in [-0.2, -0.15) is 0 Å². The second-order valence-electron chi connectivity index (χ2n) is 7.11. The zero-order valence-electron chi connectivity index (χ0n) is 17.0. The Bertz CT molecular complexity index is 1030. The van der Waals surface area contributed by atoms with E-state index in [0.717, 1.165) is 12.8 Å². The van der Waals surface area contributed by atoms with Crippen LogP contribution in [0, 0.1) is 0 Å². The van der Waals surface area contributed by atoms with Crippen LogP contribution in [0.2, 0.25) is 0 Å². The Kier molecular flexibility index (Phi) is 5.83. The Labute approximate surface area is 174 Å². The van der Waals surface area contributed by atoms with Gasteiger partial charge in [-0.3, -0.25) is 0 Å². The highest BCUT2D eigenvalue weighted by Crippen LogP contribution is 2.35. The number of rotatable bonds is 6. The van der Waals surface area contributed by atoms with Gasteiger partial charge in [-0.25, -0.2) is 14.8 Å². The Morgan fingerprint density at radius 2 is 1.70 bits per heavy atom. The van der Waals surface area contributed by atoms with Gasteiger partial charge in [-0.15, -0.1) is 0 Å². The van der Waals surface area contributed by atoms with Crippen molar-refractivity contribution < 1.29 is 19.0 Å². The van der Waals surface area contributed by atoms with Crippen LogP contribution in [-0.4, -0.2) is 36.3 Å². The van der Waals surface area contributed by atoms with Crippen LogP contribution in [0.15, 0.2) is 42.7 Å². The average molecular weight is 408 g/mol. The summed E-state index contributed by atoms with van der Waals surface area (Å²) in [6, 6.07) is 10.8. The first-order valence-electron chi connectivity index (χ1n) is 9.88. The monoisotopic (exact) mass is 408 g/mol. The van der Waals surface area contributed by atoms with Crippen molar-refractivity contribution in [2.45, 2.75) is 31.7 Å². The molecule has 1 aromatic heterocycles. The van der Waals surface area contributed by atoms with Crippen molar-refractivity contribution in [3.63, 3.8) is 0 Å². The molecule has 1 aliphatic rings. The van der Waals surface area contributed by atoms with E-state index in [9.17, 15) is 4.79 Å². The van der Waals surface area contributed by atoms with Gasteiger partial charge in [0.25, 0.3) is 0 Å². The van der Waals surface area contributed by atoms with Crippen molar-refractivity contribution >= 4 is 22.6 Å². The Morgan fingerprint density at radius 3 is 2.40 bits per heavy atom. The van der Waals surface area contributed by atoms with E-state index in [-0.39, 0.29) is 12.1 Å². The van der Waals surface area contributed by atoms with Gasteiger partial charge in [0.05, 0.1) is 25.1 Å². The summed E-state index contributed by atoms with van der Waals surface area (Å²) in [6.07, 6.45) is 5.88. The first-order chi connectivity index (χ1) is 14.7. The zero-order valence-corrected chi connectivity index (χ0v) is 17.0. The SMILES string of the molecule is COc1cc2ncnc(Oc3ccc(NC(=O)NC4CCCC4)cc3)c2cc1OC. The quantitative estimate of drug-likeness (QED) is 0.623. The second-order valence-corrected chi connectivity index (χ2v) is 7.11. The number of urea groups is 1. The molecule has 1 aliphatic carbocycles. The zero-order chi connectivity index (χ0) is 20.9. The number of ether oxygens (including phenoxy) is 3. The van der Waals surface area contributed by atoms with Crippen LogP contribution >= 0.6 is 0 Å². The molecule has 8 nitrogen and oxygen atoms in total. The van der Waals surface area contributed by atoms with Gasteiger partial charge in [0, 0.05) is 17.8 Å². The molecule has 156 valence electrons. The average Bonchev–Trinajstić information content (AvgIpc) is 3.27. The highest BCUT2D eigenvalue weighted by atomic mass is 16.5. The van der Waals surface area contributed by atoms with Crippen molar-refractivity contribution in [3.05, 3.63) is 42.7 Å². The molecule has 3 aromatic rings. The normalized spacial score (nSPS) is 13.8. The number of nitrogens with zero attached hydrogens (tertiary/aromatic N) is 2. The molecule has 0 unspecified atom stereocenters. The summed E-state index contributed by atoms with van der Waals surface area (Å²) in [5.74, 6) is 2.14. The Morgan fingerprint density at radius 1 is 1.00 bits per heavy atom. The molecule has 0 atom stereocenters. The third-order valence-electron chi connectivity index (χ3n) is 5.12. The molecule has 2 N–H and O–H groups in total. The second kappa shape index (κ2) is 8.86. The number of amides is 2. The number of hydrogen-bond donors (Lipinski definition) is 2. The molecule has 2 amide bonds.